The molecule has 2 heterocycles. The highest BCUT2D eigenvalue weighted by Gasteiger charge is 2.14. The van der Waals surface area contributed by atoms with Gasteiger partial charge >= 0.3 is 0 Å². The molecule has 0 bridgehead atoms. The van der Waals surface area contributed by atoms with Crippen LogP contribution in [0.1, 0.15) is 30.7 Å². The molecule has 0 spiro atoms. The first kappa shape index (κ1) is 12.2. The molecule has 0 amide bonds. The summed E-state index contributed by atoms with van der Waals surface area (Å²) in [5.74, 6) is 1.87. The highest BCUT2D eigenvalue weighted by molar-refractivity contribution is 5.29. The Morgan fingerprint density at radius 3 is 2.58 bits per heavy atom. The number of nitrogens with one attached hydrogen (secondary N) is 1. The zero-order chi connectivity index (χ0) is 12.9. The molecule has 0 radical (unpaired) electrons. The number of anilines is 1. The molecule has 3 rings (SSSR count). The van der Waals surface area contributed by atoms with Gasteiger partial charge in [-0.2, -0.15) is 4.98 Å². The summed E-state index contributed by atoms with van der Waals surface area (Å²) in [6.45, 7) is 2.19. The number of aromatic amines is 1. The molecule has 100 valence electrons. The number of piperidine rings is 1. The zero-order valence-electron chi connectivity index (χ0n) is 11.2. The molecule has 0 saturated carbocycles. The molecule has 1 aromatic carbocycles. The maximum absolute atomic E-state index is 4.61. The molecule has 1 saturated heterocycles. The van der Waals surface area contributed by atoms with Gasteiger partial charge in [0.1, 0.15) is 5.82 Å². The average Bonchev–Trinajstić information content (AvgIpc) is 2.96. The van der Waals surface area contributed by atoms with Crippen molar-refractivity contribution in [3.8, 4) is 0 Å². The lowest BCUT2D eigenvalue weighted by Crippen LogP contribution is -2.30. The quantitative estimate of drug-likeness (QED) is 0.914. The van der Waals surface area contributed by atoms with Crippen molar-refractivity contribution in [3.63, 3.8) is 0 Å². The maximum atomic E-state index is 4.61. The van der Waals surface area contributed by atoms with Crippen molar-refractivity contribution >= 4 is 5.95 Å². The molecule has 1 aliphatic heterocycles. The van der Waals surface area contributed by atoms with Gasteiger partial charge < -0.3 is 4.90 Å². The van der Waals surface area contributed by atoms with Gasteiger partial charge in [0.2, 0.25) is 5.95 Å². The molecule has 4 heteroatoms. The van der Waals surface area contributed by atoms with E-state index in [1.54, 1.807) is 0 Å². The van der Waals surface area contributed by atoms with Gasteiger partial charge in [-0.1, -0.05) is 30.3 Å². The fraction of sp³-hybridized carbons (Fsp3) is 0.467. The molecule has 1 aliphatic rings. The van der Waals surface area contributed by atoms with Crippen LogP contribution in [0.25, 0.3) is 0 Å². The third kappa shape index (κ3) is 3.13. The lowest BCUT2D eigenvalue weighted by Gasteiger charge is -2.24. The summed E-state index contributed by atoms with van der Waals surface area (Å²) in [5.41, 5.74) is 1.35. The van der Waals surface area contributed by atoms with E-state index in [1.807, 2.05) is 6.07 Å². The number of rotatable bonds is 4. The highest BCUT2D eigenvalue weighted by Crippen LogP contribution is 2.15. The van der Waals surface area contributed by atoms with Crippen LogP contribution < -0.4 is 4.90 Å². The van der Waals surface area contributed by atoms with Gasteiger partial charge in [-0.15, -0.1) is 5.10 Å². The summed E-state index contributed by atoms with van der Waals surface area (Å²) in [5, 5.41) is 7.41. The summed E-state index contributed by atoms with van der Waals surface area (Å²) < 4.78 is 0. The lowest BCUT2D eigenvalue weighted by molar-refractivity contribution is 0.569. The van der Waals surface area contributed by atoms with E-state index in [9.17, 15) is 0 Å². The monoisotopic (exact) mass is 256 g/mol. The van der Waals surface area contributed by atoms with Crippen molar-refractivity contribution in [2.45, 2.75) is 32.1 Å². The highest BCUT2D eigenvalue weighted by atomic mass is 15.4. The second kappa shape index (κ2) is 5.87. The average molecular weight is 256 g/mol. The topological polar surface area (TPSA) is 44.8 Å². The van der Waals surface area contributed by atoms with Crippen LogP contribution >= 0.6 is 0 Å². The van der Waals surface area contributed by atoms with Gasteiger partial charge in [0.05, 0.1) is 0 Å². The number of hydrogen-bond donors (Lipinski definition) is 1. The van der Waals surface area contributed by atoms with Crippen LogP contribution in [0.5, 0.6) is 0 Å². The zero-order valence-corrected chi connectivity index (χ0v) is 11.2. The van der Waals surface area contributed by atoms with E-state index >= 15 is 0 Å². The number of hydrogen-bond acceptors (Lipinski definition) is 3. The maximum Gasteiger partial charge on any atom is 0.244 e. The minimum atomic E-state index is 0.878. The summed E-state index contributed by atoms with van der Waals surface area (Å²) in [6, 6.07) is 10.5. The third-order valence-electron chi connectivity index (χ3n) is 3.65. The van der Waals surface area contributed by atoms with Crippen LogP contribution in [0.4, 0.5) is 5.95 Å². The molecular weight excluding hydrogens is 236 g/mol. The van der Waals surface area contributed by atoms with Gasteiger partial charge in [0.15, 0.2) is 0 Å². The summed E-state index contributed by atoms with van der Waals surface area (Å²) in [6.07, 6.45) is 5.78. The first-order chi connectivity index (χ1) is 9.42. The molecule has 19 heavy (non-hydrogen) atoms. The van der Waals surface area contributed by atoms with Crippen LogP contribution in [0.2, 0.25) is 0 Å². The van der Waals surface area contributed by atoms with Crippen molar-refractivity contribution in [2.24, 2.45) is 0 Å². The van der Waals surface area contributed by atoms with Crippen LogP contribution in [0.15, 0.2) is 30.3 Å². The fourth-order valence-electron chi connectivity index (χ4n) is 2.54. The normalized spacial score (nSPS) is 15.7. The standard InChI is InChI=1S/C15H20N4/c1-3-7-13(8-4-1)9-10-14-16-15(18-17-14)19-11-5-2-6-12-19/h1,3-4,7-8H,2,5-6,9-12H2,(H,16,17,18). The largest absolute Gasteiger partial charge is 0.340 e. The number of H-pyrrole nitrogens is 1. The summed E-state index contributed by atoms with van der Waals surface area (Å²) in [4.78, 5) is 6.89. The van der Waals surface area contributed by atoms with Crippen molar-refractivity contribution < 1.29 is 0 Å². The molecule has 4 nitrogen and oxygen atoms in total. The lowest BCUT2D eigenvalue weighted by atomic mass is 10.1. The molecule has 1 fully saturated rings. The van der Waals surface area contributed by atoms with Crippen LogP contribution in [-0.2, 0) is 12.8 Å². The van der Waals surface area contributed by atoms with E-state index in [0.717, 1.165) is 37.7 Å². The van der Waals surface area contributed by atoms with E-state index in [1.165, 1.54) is 24.8 Å². The number of benzene rings is 1. The molecule has 0 atom stereocenters. The van der Waals surface area contributed by atoms with Gasteiger partial charge in [-0.3, -0.25) is 5.10 Å². The van der Waals surface area contributed by atoms with Crippen molar-refractivity contribution in [3.05, 3.63) is 41.7 Å². The van der Waals surface area contributed by atoms with Gasteiger partial charge in [0.25, 0.3) is 0 Å². The van der Waals surface area contributed by atoms with Crippen LogP contribution in [0, 0.1) is 0 Å². The first-order valence-electron chi connectivity index (χ1n) is 7.12. The van der Waals surface area contributed by atoms with Crippen molar-refractivity contribution in [2.75, 3.05) is 18.0 Å². The Bertz CT molecular complexity index is 500. The van der Waals surface area contributed by atoms with Crippen LogP contribution in [-0.4, -0.2) is 28.3 Å². The first-order valence-corrected chi connectivity index (χ1v) is 7.12. The predicted molar refractivity (Wildman–Crippen MR) is 76.3 cm³/mol. The fourth-order valence-corrected chi connectivity index (χ4v) is 2.54. The van der Waals surface area contributed by atoms with E-state index in [-0.39, 0.29) is 0 Å². The minimum Gasteiger partial charge on any atom is -0.340 e. The van der Waals surface area contributed by atoms with Gasteiger partial charge in [-0.25, -0.2) is 0 Å². The Balaban J connectivity index is 1.58. The Labute approximate surface area is 113 Å². The Hall–Kier alpha value is -1.84. The Morgan fingerprint density at radius 1 is 1.00 bits per heavy atom. The summed E-state index contributed by atoms with van der Waals surface area (Å²) in [7, 11) is 0. The molecule has 0 unspecified atom stereocenters. The molecule has 1 aromatic heterocycles. The van der Waals surface area contributed by atoms with E-state index < -0.39 is 0 Å². The minimum absolute atomic E-state index is 0.878. The van der Waals surface area contributed by atoms with Gasteiger partial charge in [-0.05, 0) is 31.2 Å². The number of nitrogens with zero attached hydrogens (tertiary/aromatic N) is 3. The molecule has 1 N–H and O–H groups in total. The molecule has 0 aliphatic carbocycles. The molecule has 2 aromatic rings. The van der Waals surface area contributed by atoms with Crippen LogP contribution in [0.3, 0.4) is 0 Å². The predicted octanol–water partition coefficient (Wildman–Crippen LogP) is 2.58. The smallest absolute Gasteiger partial charge is 0.244 e. The van der Waals surface area contributed by atoms with E-state index in [2.05, 4.69) is 44.3 Å². The number of aryl methyl sites for hydroxylation is 2. The van der Waals surface area contributed by atoms with Crippen molar-refractivity contribution in [1.82, 2.24) is 15.2 Å². The second-order valence-electron chi connectivity index (χ2n) is 5.12. The van der Waals surface area contributed by atoms with Gasteiger partial charge in [0, 0.05) is 19.5 Å². The van der Waals surface area contributed by atoms with E-state index in [0.29, 0.717) is 0 Å². The second-order valence-corrected chi connectivity index (χ2v) is 5.12. The Morgan fingerprint density at radius 2 is 1.79 bits per heavy atom. The van der Waals surface area contributed by atoms with Crippen molar-refractivity contribution in [1.29, 1.82) is 0 Å². The summed E-state index contributed by atoms with van der Waals surface area (Å²) >= 11 is 0. The van der Waals surface area contributed by atoms with E-state index in [4.69, 9.17) is 0 Å². The molecular formula is C15H20N4. The third-order valence-corrected chi connectivity index (χ3v) is 3.65. The SMILES string of the molecule is c1ccc(CCc2nc(N3CCCCC3)n[nH]2)cc1. The Kier molecular flexibility index (Phi) is 3.77. The number of aromatic nitrogens is 3.